The van der Waals surface area contributed by atoms with Crippen molar-refractivity contribution in [3.8, 4) is 0 Å². The average Bonchev–Trinajstić information content (AvgIpc) is 2.21. The van der Waals surface area contributed by atoms with E-state index in [1.165, 1.54) is 6.92 Å². The zero-order valence-electron chi connectivity index (χ0n) is 8.25. The van der Waals surface area contributed by atoms with E-state index in [-0.39, 0.29) is 11.1 Å². The van der Waals surface area contributed by atoms with Crippen LogP contribution in [0.4, 0.5) is 8.78 Å². The highest BCUT2D eigenvalue weighted by atomic mass is 19.1. The number of methoxy groups -OCH3 is 1. The minimum Gasteiger partial charge on any atom is -0.467 e. The molecule has 1 unspecified atom stereocenters. The van der Waals surface area contributed by atoms with Crippen LogP contribution >= 0.6 is 0 Å². The lowest BCUT2D eigenvalue weighted by Gasteiger charge is -2.12. The Morgan fingerprint density at radius 3 is 2.60 bits per heavy atom. The summed E-state index contributed by atoms with van der Waals surface area (Å²) in [5.74, 6) is -2.62. The topological polar surface area (TPSA) is 46.5 Å². The van der Waals surface area contributed by atoms with Gasteiger partial charge in [0.25, 0.3) is 0 Å². The predicted molar refractivity (Wildman–Crippen MR) is 48.1 cm³/mol. The summed E-state index contributed by atoms with van der Waals surface area (Å²) in [5.41, 5.74) is -0.103. The number of hydrogen-bond donors (Lipinski definition) is 1. The van der Waals surface area contributed by atoms with E-state index in [9.17, 15) is 18.7 Å². The third-order valence-corrected chi connectivity index (χ3v) is 2.07. The lowest BCUT2D eigenvalue weighted by molar-refractivity contribution is -0.150. The second kappa shape index (κ2) is 4.35. The number of halogens is 2. The molecule has 0 heterocycles. The number of ether oxygens (including phenoxy) is 1. The van der Waals surface area contributed by atoms with E-state index in [0.29, 0.717) is 6.07 Å². The number of aliphatic hydroxyl groups is 1. The van der Waals surface area contributed by atoms with Gasteiger partial charge in [0.15, 0.2) is 6.10 Å². The van der Waals surface area contributed by atoms with Gasteiger partial charge in [-0.05, 0) is 18.6 Å². The summed E-state index contributed by atoms with van der Waals surface area (Å²) in [6, 6.07) is 1.59. The van der Waals surface area contributed by atoms with E-state index >= 15 is 0 Å². The molecule has 0 aliphatic rings. The first-order valence-electron chi connectivity index (χ1n) is 4.18. The molecule has 1 N–H and O–H groups in total. The quantitative estimate of drug-likeness (QED) is 0.761. The first kappa shape index (κ1) is 11.6. The number of esters is 1. The molecule has 0 saturated heterocycles. The third-order valence-electron chi connectivity index (χ3n) is 2.07. The molecule has 3 nitrogen and oxygen atoms in total. The molecular weight excluding hydrogens is 206 g/mol. The van der Waals surface area contributed by atoms with E-state index in [0.717, 1.165) is 13.2 Å². The van der Waals surface area contributed by atoms with Crippen LogP contribution in [0.15, 0.2) is 12.1 Å². The van der Waals surface area contributed by atoms with Gasteiger partial charge >= 0.3 is 5.97 Å². The normalized spacial score (nSPS) is 12.3. The highest BCUT2D eigenvalue weighted by Gasteiger charge is 2.22. The molecule has 5 heteroatoms. The molecule has 0 fully saturated rings. The van der Waals surface area contributed by atoms with Crippen LogP contribution in [-0.2, 0) is 9.53 Å². The molecule has 1 aromatic carbocycles. The molecule has 15 heavy (non-hydrogen) atoms. The molecule has 0 bridgehead atoms. The number of rotatable bonds is 2. The molecule has 82 valence electrons. The van der Waals surface area contributed by atoms with Crippen molar-refractivity contribution in [1.29, 1.82) is 0 Å². The highest BCUT2D eigenvalue weighted by molar-refractivity contribution is 5.76. The Hall–Kier alpha value is -1.49. The summed E-state index contributed by atoms with van der Waals surface area (Å²) in [7, 11) is 1.08. The van der Waals surface area contributed by atoms with Crippen LogP contribution in [0.25, 0.3) is 0 Å². The summed E-state index contributed by atoms with van der Waals surface area (Å²) in [6.45, 7) is 1.34. The lowest BCUT2D eigenvalue weighted by Crippen LogP contribution is -2.15. The highest BCUT2D eigenvalue weighted by Crippen LogP contribution is 2.22. The fourth-order valence-electron chi connectivity index (χ4n) is 1.19. The zero-order valence-corrected chi connectivity index (χ0v) is 8.25. The van der Waals surface area contributed by atoms with Crippen molar-refractivity contribution in [2.24, 2.45) is 0 Å². The first-order chi connectivity index (χ1) is 6.97. The van der Waals surface area contributed by atoms with Crippen molar-refractivity contribution < 1.29 is 23.4 Å². The van der Waals surface area contributed by atoms with E-state index in [1.807, 2.05) is 0 Å². The maximum Gasteiger partial charge on any atom is 0.339 e. The monoisotopic (exact) mass is 216 g/mol. The second-order valence-electron chi connectivity index (χ2n) is 3.03. The molecular formula is C10H10F2O3. The molecule has 1 rings (SSSR count). The van der Waals surface area contributed by atoms with Gasteiger partial charge in [-0.3, -0.25) is 0 Å². The van der Waals surface area contributed by atoms with E-state index in [2.05, 4.69) is 4.74 Å². The van der Waals surface area contributed by atoms with Crippen LogP contribution in [0.3, 0.4) is 0 Å². The first-order valence-corrected chi connectivity index (χ1v) is 4.18. The number of benzene rings is 1. The Kier molecular flexibility index (Phi) is 3.36. The van der Waals surface area contributed by atoms with Crippen LogP contribution in [0.5, 0.6) is 0 Å². The van der Waals surface area contributed by atoms with Gasteiger partial charge in [-0.1, -0.05) is 0 Å². The molecule has 1 aromatic rings. The molecule has 0 amide bonds. The molecule has 0 aliphatic heterocycles. The SMILES string of the molecule is COC(=O)C(O)c1cc(F)cc(F)c1C. The van der Waals surface area contributed by atoms with Gasteiger partial charge in [-0.25, -0.2) is 13.6 Å². The van der Waals surface area contributed by atoms with Gasteiger partial charge in [0, 0.05) is 11.6 Å². The van der Waals surface area contributed by atoms with Crippen molar-refractivity contribution in [2.45, 2.75) is 13.0 Å². The largest absolute Gasteiger partial charge is 0.467 e. The fourth-order valence-corrected chi connectivity index (χ4v) is 1.19. The lowest BCUT2D eigenvalue weighted by atomic mass is 10.0. The third kappa shape index (κ3) is 2.30. The minimum absolute atomic E-state index is 0.0225. The van der Waals surface area contributed by atoms with Gasteiger partial charge in [0.1, 0.15) is 11.6 Å². The number of hydrogen-bond acceptors (Lipinski definition) is 3. The fraction of sp³-hybridized carbons (Fsp3) is 0.300. The molecule has 0 radical (unpaired) electrons. The van der Waals surface area contributed by atoms with Gasteiger partial charge in [0.05, 0.1) is 7.11 Å². The Morgan fingerprint density at radius 1 is 1.47 bits per heavy atom. The van der Waals surface area contributed by atoms with Crippen LogP contribution in [0, 0.1) is 18.6 Å². The van der Waals surface area contributed by atoms with E-state index in [1.54, 1.807) is 0 Å². The van der Waals surface area contributed by atoms with Gasteiger partial charge in [-0.2, -0.15) is 0 Å². The van der Waals surface area contributed by atoms with Crippen molar-refractivity contribution in [3.05, 3.63) is 34.9 Å². The van der Waals surface area contributed by atoms with Gasteiger partial charge < -0.3 is 9.84 Å². The Morgan fingerprint density at radius 2 is 2.07 bits per heavy atom. The predicted octanol–water partition coefficient (Wildman–Crippen LogP) is 1.48. The van der Waals surface area contributed by atoms with Crippen LogP contribution in [-0.4, -0.2) is 18.2 Å². The van der Waals surface area contributed by atoms with Crippen molar-refractivity contribution >= 4 is 5.97 Å². The van der Waals surface area contributed by atoms with E-state index in [4.69, 9.17) is 0 Å². The van der Waals surface area contributed by atoms with Gasteiger partial charge in [-0.15, -0.1) is 0 Å². The van der Waals surface area contributed by atoms with Crippen molar-refractivity contribution in [1.82, 2.24) is 0 Å². The molecule has 0 saturated carbocycles. The maximum absolute atomic E-state index is 13.1. The Bertz CT molecular complexity index is 390. The van der Waals surface area contributed by atoms with Crippen LogP contribution < -0.4 is 0 Å². The summed E-state index contributed by atoms with van der Waals surface area (Å²) >= 11 is 0. The minimum atomic E-state index is -1.67. The maximum atomic E-state index is 13.1. The molecule has 0 aliphatic carbocycles. The smallest absolute Gasteiger partial charge is 0.339 e. The summed E-state index contributed by atoms with van der Waals surface area (Å²) in [4.78, 5) is 11.0. The number of carbonyl (C=O) groups is 1. The summed E-state index contributed by atoms with van der Waals surface area (Å²) in [5, 5.41) is 9.41. The molecule has 1 atom stereocenters. The van der Waals surface area contributed by atoms with Gasteiger partial charge in [0.2, 0.25) is 0 Å². The Balaban J connectivity index is 3.19. The summed E-state index contributed by atoms with van der Waals surface area (Å²) in [6.07, 6.45) is -1.67. The van der Waals surface area contributed by atoms with E-state index < -0.39 is 23.7 Å². The number of carbonyl (C=O) groups excluding carboxylic acids is 1. The zero-order chi connectivity index (χ0) is 11.6. The van der Waals surface area contributed by atoms with Crippen molar-refractivity contribution in [3.63, 3.8) is 0 Å². The van der Waals surface area contributed by atoms with Crippen LogP contribution in [0.2, 0.25) is 0 Å². The van der Waals surface area contributed by atoms with Crippen LogP contribution in [0.1, 0.15) is 17.2 Å². The van der Waals surface area contributed by atoms with Crippen molar-refractivity contribution in [2.75, 3.05) is 7.11 Å². The Labute approximate surface area is 85.3 Å². The number of aliphatic hydroxyl groups excluding tert-OH is 1. The molecule has 0 spiro atoms. The average molecular weight is 216 g/mol. The molecule has 0 aromatic heterocycles. The standard InChI is InChI=1S/C10H10F2O3/c1-5-7(9(13)10(14)15-2)3-6(11)4-8(5)12/h3-4,9,13H,1-2H3. The second-order valence-corrected chi connectivity index (χ2v) is 3.03. The summed E-state index contributed by atoms with van der Waals surface area (Å²) < 4.78 is 30.2.